The summed E-state index contributed by atoms with van der Waals surface area (Å²) in [6, 6.07) is 8.67. The van der Waals surface area contributed by atoms with E-state index in [-0.39, 0.29) is 16.5 Å². The van der Waals surface area contributed by atoms with Gasteiger partial charge in [-0.2, -0.15) is 18.3 Å². The molecule has 1 saturated heterocycles. The van der Waals surface area contributed by atoms with Crippen LogP contribution in [0, 0.1) is 5.82 Å². The Morgan fingerprint density at radius 2 is 1.97 bits per heavy atom. The molecular formula is C21H22ClF4N5S. The van der Waals surface area contributed by atoms with E-state index in [0.717, 1.165) is 12.3 Å². The molecule has 2 aromatic rings. The maximum Gasteiger partial charge on any atom is 0.417 e. The fraction of sp³-hybridized carbons (Fsp3) is 0.333. The molecule has 172 valence electrons. The Labute approximate surface area is 193 Å². The quantitative estimate of drug-likeness (QED) is 0.284. The van der Waals surface area contributed by atoms with Gasteiger partial charge < -0.3 is 10.6 Å². The largest absolute Gasteiger partial charge is 0.417 e. The van der Waals surface area contributed by atoms with Crippen LogP contribution in [0.3, 0.4) is 0 Å². The zero-order valence-electron chi connectivity index (χ0n) is 17.0. The molecule has 1 heterocycles. The Hall–Kier alpha value is -2.43. The predicted molar refractivity (Wildman–Crippen MR) is 122 cm³/mol. The van der Waals surface area contributed by atoms with Gasteiger partial charge in [0.05, 0.1) is 11.8 Å². The van der Waals surface area contributed by atoms with Crippen LogP contribution in [-0.4, -0.2) is 42.4 Å². The van der Waals surface area contributed by atoms with Crippen molar-refractivity contribution in [1.82, 2.24) is 10.3 Å². The molecule has 3 N–H and O–H groups in total. The number of rotatable bonds is 5. The van der Waals surface area contributed by atoms with E-state index in [2.05, 4.69) is 27.6 Å². The second kappa shape index (κ2) is 10.5. The summed E-state index contributed by atoms with van der Waals surface area (Å²) in [4.78, 5) is 3.95. The van der Waals surface area contributed by atoms with E-state index >= 15 is 0 Å². The van der Waals surface area contributed by atoms with E-state index < -0.39 is 11.7 Å². The van der Waals surface area contributed by atoms with E-state index in [0.29, 0.717) is 55.4 Å². The molecule has 0 spiro atoms. The fourth-order valence-corrected chi connectivity index (χ4v) is 3.83. The topological polar surface area (TPSA) is 56.9 Å². The minimum atomic E-state index is -4.56. The molecule has 0 aliphatic carbocycles. The highest BCUT2D eigenvalue weighted by Gasteiger charge is 2.34. The number of nitrogens with zero attached hydrogens (tertiary/aromatic N) is 3. The summed E-state index contributed by atoms with van der Waals surface area (Å²) in [7, 11) is 0. The van der Waals surface area contributed by atoms with E-state index in [4.69, 9.17) is 17.3 Å². The van der Waals surface area contributed by atoms with Crippen molar-refractivity contribution in [3.8, 4) is 0 Å². The highest BCUT2D eigenvalue weighted by atomic mass is 35.5. The maximum atomic E-state index is 14.1. The molecule has 0 saturated carbocycles. The maximum absolute atomic E-state index is 14.1. The number of benzene rings is 2. The number of alkyl halides is 3. The Bertz CT molecular complexity index is 978. The van der Waals surface area contributed by atoms with Gasteiger partial charge in [0.25, 0.3) is 0 Å². The molecule has 11 heteroatoms. The van der Waals surface area contributed by atoms with Gasteiger partial charge in [-0.05, 0) is 42.9 Å². The smallest absolute Gasteiger partial charge is 0.375 e. The average molecular weight is 488 g/mol. The number of nitrogens with two attached hydrogens (primary N) is 1. The van der Waals surface area contributed by atoms with Crippen LogP contribution in [0.4, 0.5) is 23.2 Å². The SMILES string of the molecule is NC(=S)N/N=C/c1ccc(N2CCCN(Cc3c(F)cccc3Cl)CC2)cc1C(F)(F)F. The number of hydrazone groups is 1. The lowest BCUT2D eigenvalue weighted by atomic mass is 10.1. The van der Waals surface area contributed by atoms with Crippen molar-refractivity contribution in [2.45, 2.75) is 19.1 Å². The Morgan fingerprint density at radius 3 is 2.66 bits per heavy atom. The van der Waals surface area contributed by atoms with Gasteiger partial charge in [-0.15, -0.1) is 0 Å². The van der Waals surface area contributed by atoms with Gasteiger partial charge in [0.15, 0.2) is 5.11 Å². The van der Waals surface area contributed by atoms with Gasteiger partial charge in [0.2, 0.25) is 0 Å². The molecular weight excluding hydrogens is 466 g/mol. The molecule has 1 aliphatic heterocycles. The molecule has 3 rings (SSSR count). The highest BCUT2D eigenvalue weighted by molar-refractivity contribution is 7.80. The molecule has 5 nitrogen and oxygen atoms in total. The first kappa shape index (κ1) is 24.2. The van der Waals surface area contributed by atoms with E-state index in [1.54, 1.807) is 18.2 Å². The van der Waals surface area contributed by atoms with Crippen molar-refractivity contribution in [1.29, 1.82) is 0 Å². The normalized spacial score (nSPS) is 15.7. The molecule has 0 unspecified atom stereocenters. The minimum absolute atomic E-state index is 0.101. The molecule has 2 aromatic carbocycles. The second-order valence-corrected chi connectivity index (χ2v) is 8.17. The summed E-state index contributed by atoms with van der Waals surface area (Å²) in [5.41, 5.74) is 7.47. The molecule has 0 radical (unpaired) electrons. The third kappa shape index (κ3) is 6.30. The fourth-order valence-electron chi connectivity index (χ4n) is 3.56. The van der Waals surface area contributed by atoms with Crippen LogP contribution in [-0.2, 0) is 12.7 Å². The Kier molecular flexibility index (Phi) is 7.91. The summed E-state index contributed by atoms with van der Waals surface area (Å²) in [6.45, 7) is 2.67. The van der Waals surface area contributed by atoms with Crippen LogP contribution in [0.5, 0.6) is 0 Å². The zero-order chi connectivity index (χ0) is 23.3. The summed E-state index contributed by atoms with van der Waals surface area (Å²) < 4.78 is 55.0. The molecule has 1 aliphatic rings. The lowest BCUT2D eigenvalue weighted by Crippen LogP contribution is -2.31. The molecule has 0 aromatic heterocycles. The van der Waals surface area contributed by atoms with Crippen molar-refractivity contribution in [2.75, 3.05) is 31.1 Å². The first-order valence-corrected chi connectivity index (χ1v) is 10.6. The van der Waals surface area contributed by atoms with Crippen LogP contribution >= 0.6 is 23.8 Å². The van der Waals surface area contributed by atoms with Gasteiger partial charge in [-0.25, -0.2) is 4.39 Å². The lowest BCUT2D eigenvalue weighted by molar-refractivity contribution is -0.137. The van der Waals surface area contributed by atoms with Crippen molar-refractivity contribution in [2.24, 2.45) is 10.8 Å². The third-order valence-corrected chi connectivity index (χ3v) is 5.56. The predicted octanol–water partition coefficient (Wildman–Crippen LogP) is 4.38. The van der Waals surface area contributed by atoms with Gasteiger partial charge in [-0.1, -0.05) is 23.7 Å². The van der Waals surface area contributed by atoms with Crippen molar-refractivity contribution in [3.05, 3.63) is 63.9 Å². The molecule has 0 bridgehead atoms. The molecule has 0 atom stereocenters. The van der Waals surface area contributed by atoms with Crippen molar-refractivity contribution >= 4 is 40.8 Å². The molecule has 32 heavy (non-hydrogen) atoms. The van der Waals surface area contributed by atoms with Crippen molar-refractivity contribution < 1.29 is 17.6 Å². The van der Waals surface area contributed by atoms with Crippen LogP contribution in [0.25, 0.3) is 0 Å². The number of hydrogen-bond donors (Lipinski definition) is 2. The van der Waals surface area contributed by atoms with Crippen LogP contribution in [0.1, 0.15) is 23.1 Å². The first-order valence-electron chi connectivity index (χ1n) is 9.85. The van der Waals surface area contributed by atoms with Gasteiger partial charge in [-0.3, -0.25) is 10.3 Å². The monoisotopic (exact) mass is 487 g/mol. The second-order valence-electron chi connectivity index (χ2n) is 7.32. The van der Waals surface area contributed by atoms with E-state index in [1.807, 2.05) is 4.90 Å². The number of thiocarbonyl (C=S) groups is 1. The average Bonchev–Trinajstić information content (AvgIpc) is 2.96. The zero-order valence-corrected chi connectivity index (χ0v) is 18.6. The summed E-state index contributed by atoms with van der Waals surface area (Å²) in [6.07, 6.45) is -2.80. The standard InChI is InChI=1S/C21H22ClF4N5S/c22-18-3-1-4-19(23)16(18)13-30-7-2-8-31(10-9-30)15-6-5-14(12-28-29-20(27)32)17(11-15)21(24,25)26/h1,3-6,11-12H,2,7-10,13H2,(H3,27,29,32)/b28-12+. The van der Waals surface area contributed by atoms with E-state index in [1.165, 1.54) is 12.1 Å². The number of nitrogens with one attached hydrogen (secondary N) is 1. The van der Waals surface area contributed by atoms with Crippen LogP contribution in [0.2, 0.25) is 5.02 Å². The summed E-state index contributed by atoms with van der Waals surface area (Å²) in [5.74, 6) is -0.365. The lowest BCUT2D eigenvalue weighted by Gasteiger charge is -2.25. The highest BCUT2D eigenvalue weighted by Crippen LogP contribution is 2.34. The summed E-state index contributed by atoms with van der Waals surface area (Å²) in [5, 5.41) is 3.86. The number of hydrogen-bond acceptors (Lipinski definition) is 4. The van der Waals surface area contributed by atoms with E-state index in [9.17, 15) is 17.6 Å². The van der Waals surface area contributed by atoms with Crippen LogP contribution < -0.4 is 16.1 Å². The molecule has 0 amide bonds. The minimum Gasteiger partial charge on any atom is -0.375 e. The number of anilines is 1. The summed E-state index contributed by atoms with van der Waals surface area (Å²) >= 11 is 10.7. The molecule has 1 fully saturated rings. The number of halogens is 5. The van der Waals surface area contributed by atoms with Crippen LogP contribution in [0.15, 0.2) is 41.5 Å². The van der Waals surface area contributed by atoms with Gasteiger partial charge in [0, 0.05) is 54.6 Å². The Morgan fingerprint density at radius 1 is 1.19 bits per heavy atom. The first-order chi connectivity index (χ1) is 15.1. The third-order valence-electron chi connectivity index (χ3n) is 5.12. The van der Waals surface area contributed by atoms with Gasteiger partial charge in [0.1, 0.15) is 5.82 Å². The Balaban J connectivity index is 1.75. The van der Waals surface area contributed by atoms with Crippen molar-refractivity contribution in [3.63, 3.8) is 0 Å². The van der Waals surface area contributed by atoms with Gasteiger partial charge >= 0.3 is 6.18 Å².